The number of likely N-dealkylation sites (tertiary alicyclic amines) is 1. The third kappa shape index (κ3) is 5.85. The third-order valence-corrected chi connectivity index (χ3v) is 8.23. The second-order valence-corrected chi connectivity index (χ2v) is 11.0. The molecule has 3 aromatic carbocycles. The lowest BCUT2D eigenvalue weighted by Crippen LogP contribution is -2.56. The zero-order valence-electron chi connectivity index (χ0n) is 23.1. The Kier molecular flexibility index (Phi) is 8.71. The highest BCUT2D eigenvalue weighted by Crippen LogP contribution is 2.52. The van der Waals surface area contributed by atoms with Crippen molar-refractivity contribution in [3.63, 3.8) is 0 Å². The Morgan fingerprint density at radius 1 is 0.976 bits per heavy atom. The van der Waals surface area contributed by atoms with E-state index in [1.165, 1.54) is 12.1 Å². The largest absolute Gasteiger partial charge is 0.338 e. The number of benzene rings is 3. The van der Waals surface area contributed by atoms with Crippen molar-refractivity contribution in [2.45, 2.75) is 31.8 Å². The van der Waals surface area contributed by atoms with E-state index in [9.17, 15) is 18.8 Å². The SMILES string of the molecule is CCNC(=O)N1C(C(=O)N2CCNCC2)C(c2ccc(F)cc2)C(C(=O)c2cccc(C)c2)C1c1ccc(Cl)cc1. The van der Waals surface area contributed by atoms with E-state index in [4.69, 9.17) is 11.6 Å². The highest BCUT2D eigenvalue weighted by atomic mass is 35.5. The average Bonchev–Trinajstić information content (AvgIpc) is 3.34. The van der Waals surface area contributed by atoms with Crippen LogP contribution in [0.1, 0.15) is 45.9 Å². The van der Waals surface area contributed by atoms with Crippen LogP contribution >= 0.6 is 11.6 Å². The summed E-state index contributed by atoms with van der Waals surface area (Å²) < 4.78 is 14.1. The summed E-state index contributed by atoms with van der Waals surface area (Å²) in [7, 11) is 0. The van der Waals surface area contributed by atoms with Crippen LogP contribution in [-0.2, 0) is 4.79 Å². The molecule has 2 fully saturated rings. The summed E-state index contributed by atoms with van der Waals surface area (Å²) in [4.78, 5) is 46.2. The number of carbonyl (C=O) groups is 3. The van der Waals surface area contributed by atoms with Crippen molar-refractivity contribution in [1.29, 1.82) is 0 Å². The fourth-order valence-electron chi connectivity index (χ4n) is 6.15. The number of hydrogen-bond donors (Lipinski definition) is 2. The van der Waals surface area contributed by atoms with E-state index < -0.39 is 35.8 Å². The van der Waals surface area contributed by atoms with Gasteiger partial charge < -0.3 is 20.4 Å². The van der Waals surface area contributed by atoms with Gasteiger partial charge in [0.15, 0.2) is 5.78 Å². The van der Waals surface area contributed by atoms with Gasteiger partial charge in [-0.3, -0.25) is 9.59 Å². The molecule has 2 heterocycles. The Bertz CT molecular complexity index is 1410. The first-order valence-electron chi connectivity index (χ1n) is 14.0. The van der Waals surface area contributed by atoms with E-state index in [2.05, 4.69) is 10.6 Å². The fraction of sp³-hybridized carbons (Fsp3) is 0.344. The van der Waals surface area contributed by atoms with Gasteiger partial charge in [0, 0.05) is 49.2 Å². The first-order valence-corrected chi connectivity index (χ1v) is 14.4. The average molecular weight is 577 g/mol. The van der Waals surface area contributed by atoms with Crippen LogP contribution in [0, 0.1) is 18.7 Å². The molecule has 3 aromatic rings. The summed E-state index contributed by atoms with van der Waals surface area (Å²) in [5.41, 5.74) is 2.72. The van der Waals surface area contributed by atoms with E-state index in [1.807, 2.05) is 32.0 Å². The summed E-state index contributed by atoms with van der Waals surface area (Å²) >= 11 is 6.24. The molecular formula is C32H34ClFN4O3. The quantitative estimate of drug-likeness (QED) is 0.407. The Labute approximate surface area is 244 Å². The number of urea groups is 1. The fourth-order valence-corrected chi connectivity index (χ4v) is 6.28. The highest BCUT2D eigenvalue weighted by Gasteiger charge is 2.58. The lowest BCUT2D eigenvalue weighted by atomic mass is 9.75. The molecule has 0 aliphatic carbocycles. The number of piperazine rings is 1. The monoisotopic (exact) mass is 576 g/mol. The van der Waals surface area contributed by atoms with Crippen LogP contribution in [0.3, 0.4) is 0 Å². The molecule has 214 valence electrons. The number of nitrogens with one attached hydrogen (secondary N) is 2. The summed E-state index contributed by atoms with van der Waals surface area (Å²) in [6.07, 6.45) is 0. The lowest BCUT2D eigenvalue weighted by molar-refractivity contribution is -0.136. The van der Waals surface area contributed by atoms with Gasteiger partial charge in [0.25, 0.3) is 0 Å². The van der Waals surface area contributed by atoms with Crippen LogP contribution in [-0.4, -0.2) is 66.3 Å². The van der Waals surface area contributed by atoms with Crippen molar-refractivity contribution in [2.24, 2.45) is 5.92 Å². The van der Waals surface area contributed by atoms with Crippen LogP contribution in [0.5, 0.6) is 0 Å². The summed E-state index contributed by atoms with van der Waals surface area (Å²) in [6.45, 7) is 6.30. The van der Waals surface area contributed by atoms with Crippen LogP contribution in [0.4, 0.5) is 9.18 Å². The zero-order chi connectivity index (χ0) is 29.1. The molecule has 4 unspecified atom stereocenters. The minimum atomic E-state index is -0.996. The van der Waals surface area contributed by atoms with Crippen LogP contribution in [0.15, 0.2) is 72.8 Å². The van der Waals surface area contributed by atoms with Gasteiger partial charge in [-0.15, -0.1) is 0 Å². The van der Waals surface area contributed by atoms with E-state index in [0.717, 1.165) is 5.56 Å². The maximum absolute atomic E-state index is 14.6. The number of nitrogens with zero attached hydrogens (tertiary/aromatic N) is 2. The Balaban J connectivity index is 1.75. The molecule has 0 spiro atoms. The van der Waals surface area contributed by atoms with Gasteiger partial charge >= 0.3 is 6.03 Å². The predicted molar refractivity (Wildman–Crippen MR) is 156 cm³/mol. The predicted octanol–water partition coefficient (Wildman–Crippen LogP) is 4.96. The molecular weight excluding hydrogens is 543 g/mol. The first-order chi connectivity index (χ1) is 19.8. The van der Waals surface area contributed by atoms with E-state index in [0.29, 0.717) is 54.4 Å². The number of aryl methyl sites for hydroxylation is 1. The molecule has 0 bridgehead atoms. The molecule has 41 heavy (non-hydrogen) atoms. The van der Waals surface area contributed by atoms with Gasteiger partial charge in [0.05, 0.1) is 12.0 Å². The molecule has 0 radical (unpaired) electrons. The number of Topliss-reactive ketones (excluding diaryl/α,β-unsaturated/α-hetero) is 1. The Morgan fingerprint density at radius 2 is 1.63 bits per heavy atom. The van der Waals surface area contributed by atoms with Crippen molar-refractivity contribution in [1.82, 2.24) is 20.4 Å². The molecule has 3 amide bonds. The number of carbonyl (C=O) groups excluding carboxylic acids is 3. The smallest absolute Gasteiger partial charge is 0.318 e. The summed E-state index contributed by atoms with van der Waals surface area (Å²) in [5.74, 6) is -2.40. The minimum Gasteiger partial charge on any atom is -0.338 e. The molecule has 4 atom stereocenters. The van der Waals surface area contributed by atoms with E-state index >= 15 is 0 Å². The molecule has 2 aliphatic rings. The highest BCUT2D eigenvalue weighted by molar-refractivity contribution is 6.30. The molecule has 5 rings (SSSR count). The topological polar surface area (TPSA) is 81.8 Å². The van der Waals surface area contributed by atoms with Crippen LogP contribution in [0.2, 0.25) is 5.02 Å². The third-order valence-electron chi connectivity index (χ3n) is 7.98. The number of halogens is 2. The maximum atomic E-state index is 14.6. The standard InChI is InChI=1S/C32H34ClFN4O3/c1-3-36-32(41)38-28(22-7-11-24(33)12-8-22)27(30(39)23-6-4-5-20(2)19-23)26(21-9-13-25(34)14-10-21)29(38)31(40)37-17-15-35-16-18-37/h4-14,19,26-29,35H,3,15-18H2,1-2H3,(H,36,41). The number of amides is 3. The molecule has 9 heteroatoms. The number of hydrogen-bond acceptors (Lipinski definition) is 4. The normalized spacial score (nSPS) is 22.4. The molecule has 0 saturated carbocycles. The minimum absolute atomic E-state index is 0.187. The Hall–Kier alpha value is -3.75. The van der Waals surface area contributed by atoms with Crippen molar-refractivity contribution in [3.8, 4) is 0 Å². The van der Waals surface area contributed by atoms with Crippen molar-refractivity contribution in [2.75, 3.05) is 32.7 Å². The van der Waals surface area contributed by atoms with E-state index in [-0.39, 0.29) is 11.7 Å². The molecule has 2 saturated heterocycles. The first kappa shape index (κ1) is 28.8. The van der Waals surface area contributed by atoms with Gasteiger partial charge in [-0.2, -0.15) is 0 Å². The van der Waals surface area contributed by atoms with Gasteiger partial charge in [-0.05, 0) is 55.3 Å². The zero-order valence-corrected chi connectivity index (χ0v) is 23.9. The lowest BCUT2D eigenvalue weighted by Gasteiger charge is -2.36. The Morgan fingerprint density at radius 3 is 2.27 bits per heavy atom. The van der Waals surface area contributed by atoms with Crippen molar-refractivity contribution in [3.05, 3.63) is 106 Å². The molecule has 2 N–H and O–H groups in total. The van der Waals surface area contributed by atoms with E-state index in [1.54, 1.807) is 52.3 Å². The summed E-state index contributed by atoms with van der Waals surface area (Å²) in [5, 5.41) is 6.66. The maximum Gasteiger partial charge on any atom is 0.318 e. The van der Waals surface area contributed by atoms with Gasteiger partial charge in [-0.25, -0.2) is 9.18 Å². The van der Waals surface area contributed by atoms with Gasteiger partial charge in [0.1, 0.15) is 11.9 Å². The summed E-state index contributed by atoms with van der Waals surface area (Å²) in [6, 6.07) is 18.1. The second kappa shape index (κ2) is 12.4. The molecule has 0 aromatic heterocycles. The number of rotatable bonds is 6. The second-order valence-electron chi connectivity index (χ2n) is 10.6. The van der Waals surface area contributed by atoms with Crippen molar-refractivity contribution < 1.29 is 18.8 Å². The van der Waals surface area contributed by atoms with Crippen LogP contribution < -0.4 is 10.6 Å². The van der Waals surface area contributed by atoms with Crippen LogP contribution in [0.25, 0.3) is 0 Å². The van der Waals surface area contributed by atoms with Gasteiger partial charge in [-0.1, -0.05) is 59.6 Å². The molecule has 7 nitrogen and oxygen atoms in total. The molecule has 2 aliphatic heterocycles. The van der Waals surface area contributed by atoms with Crippen molar-refractivity contribution >= 4 is 29.3 Å². The van der Waals surface area contributed by atoms with Gasteiger partial charge in [0.2, 0.25) is 5.91 Å². The number of ketones is 1.